The topological polar surface area (TPSA) is 43.0 Å². The molecule has 4 nitrogen and oxygen atoms in total. The van der Waals surface area contributed by atoms with Gasteiger partial charge in [-0.05, 0) is 54.1 Å². The van der Waals surface area contributed by atoms with Crippen LogP contribution in [0.5, 0.6) is 0 Å². The number of halogens is 2. The Labute approximate surface area is 213 Å². The van der Waals surface area contributed by atoms with Crippen LogP contribution in [0.15, 0.2) is 91.0 Å². The summed E-state index contributed by atoms with van der Waals surface area (Å²) >= 11 is 12.6. The molecular weight excluding hydrogens is 477 g/mol. The molecule has 0 spiro atoms. The molecule has 0 saturated carbocycles. The van der Waals surface area contributed by atoms with Gasteiger partial charge in [0.1, 0.15) is 5.82 Å². The van der Waals surface area contributed by atoms with Crippen LogP contribution in [-0.2, 0) is 19.5 Å². The Morgan fingerprint density at radius 1 is 0.686 bits per heavy atom. The third kappa shape index (κ3) is 4.19. The number of aliphatic hydroxyl groups excluding tert-OH is 1. The predicted molar refractivity (Wildman–Crippen MR) is 144 cm³/mol. The van der Waals surface area contributed by atoms with E-state index in [1.54, 1.807) is 0 Å². The molecule has 6 aromatic rings. The molecule has 2 aromatic heterocycles. The fourth-order valence-corrected chi connectivity index (χ4v) is 5.31. The lowest BCUT2D eigenvalue weighted by molar-refractivity contribution is 0.137. The molecule has 1 N–H and O–H groups in total. The fraction of sp³-hybridized carbons (Fsp3) is 0.138. The van der Waals surface area contributed by atoms with Gasteiger partial charge in [-0.25, -0.2) is 4.98 Å². The van der Waals surface area contributed by atoms with E-state index in [-0.39, 0.29) is 0 Å². The van der Waals surface area contributed by atoms with Crippen LogP contribution in [0.4, 0.5) is 0 Å². The highest BCUT2D eigenvalue weighted by molar-refractivity contribution is 6.33. The Hall–Kier alpha value is -3.31. The third-order valence-corrected chi connectivity index (χ3v) is 6.98. The Kier molecular flexibility index (Phi) is 5.73. The van der Waals surface area contributed by atoms with Crippen molar-refractivity contribution in [2.45, 2.75) is 25.6 Å². The molecule has 0 aliphatic carbocycles. The van der Waals surface area contributed by atoms with Crippen molar-refractivity contribution in [3.8, 4) is 0 Å². The van der Waals surface area contributed by atoms with Gasteiger partial charge < -0.3 is 14.2 Å². The lowest BCUT2D eigenvalue weighted by Crippen LogP contribution is -2.23. The van der Waals surface area contributed by atoms with Crippen LogP contribution in [0.1, 0.15) is 11.4 Å². The van der Waals surface area contributed by atoms with E-state index in [9.17, 15) is 5.11 Å². The molecule has 6 heteroatoms. The van der Waals surface area contributed by atoms with Crippen molar-refractivity contribution < 1.29 is 5.11 Å². The zero-order valence-corrected chi connectivity index (χ0v) is 20.4. The van der Waals surface area contributed by atoms with Crippen LogP contribution in [0.2, 0.25) is 10.0 Å². The smallest absolute Gasteiger partial charge is 0.114 e. The van der Waals surface area contributed by atoms with E-state index in [0.717, 1.165) is 38.7 Å². The van der Waals surface area contributed by atoms with Crippen molar-refractivity contribution in [2.24, 2.45) is 0 Å². The molecule has 174 valence electrons. The maximum atomic E-state index is 11.3. The summed E-state index contributed by atoms with van der Waals surface area (Å²) in [5.74, 6) is 0.942. The quantitative estimate of drug-likeness (QED) is 0.265. The lowest BCUT2D eigenvalue weighted by atomic mass is 10.1. The normalized spacial score (nSPS) is 12.7. The number of para-hydroxylation sites is 2. The van der Waals surface area contributed by atoms with E-state index in [2.05, 4.69) is 27.3 Å². The zero-order chi connectivity index (χ0) is 23.9. The van der Waals surface area contributed by atoms with E-state index < -0.39 is 6.10 Å². The van der Waals surface area contributed by atoms with E-state index in [1.165, 1.54) is 5.56 Å². The van der Waals surface area contributed by atoms with Gasteiger partial charge >= 0.3 is 0 Å². The second kappa shape index (κ2) is 9.04. The van der Waals surface area contributed by atoms with Crippen LogP contribution in [0.3, 0.4) is 0 Å². The minimum Gasteiger partial charge on any atom is -0.389 e. The fourth-order valence-electron chi connectivity index (χ4n) is 4.97. The van der Waals surface area contributed by atoms with E-state index in [4.69, 9.17) is 28.2 Å². The molecule has 6 rings (SSSR count). The summed E-state index contributed by atoms with van der Waals surface area (Å²) in [6.45, 7) is 0.867. The first kappa shape index (κ1) is 22.2. The molecule has 0 bridgehead atoms. The second-order valence-corrected chi connectivity index (χ2v) is 9.75. The van der Waals surface area contributed by atoms with Crippen molar-refractivity contribution in [3.05, 3.63) is 112 Å². The first-order valence-corrected chi connectivity index (χ1v) is 12.4. The zero-order valence-electron chi connectivity index (χ0n) is 18.9. The summed E-state index contributed by atoms with van der Waals surface area (Å²) in [6, 6.07) is 30.1. The van der Waals surface area contributed by atoms with E-state index in [0.29, 0.717) is 29.6 Å². The van der Waals surface area contributed by atoms with Gasteiger partial charge in [0.2, 0.25) is 0 Å². The average Bonchev–Trinajstić information content (AvgIpc) is 3.34. The average molecular weight is 500 g/mol. The highest BCUT2D eigenvalue weighted by Crippen LogP contribution is 2.33. The van der Waals surface area contributed by atoms with Gasteiger partial charge in [0.05, 0.1) is 30.2 Å². The van der Waals surface area contributed by atoms with Gasteiger partial charge in [0, 0.05) is 38.3 Å². The summed E-state index contributed by atoms with van der Waals surface area (Å²) in [5.41, 5.74) is 5.19. The maximum absolute atomic E-state index is 11.3. The Bertz CT molecular complexity index is 1610. The standard InChI is InChI=1S/C29H23Cl2N3O/c30-20-10-12-26-23(15-20)24-16-21(31)11-13-27(24)33(26)17-22(35)18-34-28-9-5-4-8-25(28)32-29(34)14-19-6-2-1-3-7-19/h1-13,15-16,22,35H,14,17-18H2/t22-/m0/s1. The number of aromatic nitrogens is 3. The second-order valence-electron chi connectivity index (χ2n) is 8.88. The summed E-state index contributed by atoms with van der Waals surface area (Å²) in [7, 11) is 0. The van der Waals surface area contributed by atoms with Gasteiger partial charge in [0.25, 0.3) is 0 Å². The maximum Gasteiger partial charge on any atom is 0.114 e. The monoisotopic (exact) mass is 499 g/mol. The van der Waals surface area contributed by atoms with E-state index in [1.807, 2.05) is 72.8 Å². The highest BCUT2D eigenvalue weighted by Gasteiger charge is 2.18. The van der Waals surface area contributed by atoms with Gasteiger partial charge in [-0.2, -0.15) is 0 Å². The van der Waals surface area contributed by atoms with Crippen molar-refractivity contribution in [1.82, 2.24) is 14.1 Å². The van der Waals surface area contributed by atoms with Gasteiger partial charge in [-0.3, -0.25) is 0 Å². The molecule has 4 aromatic carbocycles. The molecule has 0 amide bonds. The van der Waals surface area contributed by atoms with E-state index >= 15 is 0 Å². The first-order chi connectivity index (χ1) is 17.1. The van der Waals surface area contributed by atoms with Gasteiger partial charge in [-0.15, -0.1) is 0 Å². The molecule has 2 heterocycles. The lowest BCUT2D eigenvalue weighted by Gasteiger charge is -2.17. The summed E-state index contributed by atoms with van der Waals surface area (Å²) < 4.78 is 4.30. The Balaban J connectivity index is 1.38. The molecular formula is C29H23Cl2N3O. The number of aliphatic hydroxyl groups is 1. The number of rotatable bonds is 6. The van der Waals surface area contributed by atoms with Crippen molar-refractivity contribution >= 4 is 56.0 Å². The molecule has 0 saturated heterocycles. The summed E-state index contributed by atoms with van der Waals surface area (Å²) in [4.78, 5) is 4.89. The first-order valence-electron chi connectivity index (χ1n) is 11.6. The Morgan fingerprint density at radius 3 is 1.97 bits per heavy atom. The number of hydrogen-bond donors (Lipinski definition) is 1. The Morgan fingerprint density at radius 2 is 1.29 bits per heavy atom. The van der Waals surface area contributed by atoms with Crippen molar-refractivity contribution in [3.63, 3.8) is 0 Å². The number of fused-ring (bicyclic) bond motifs is 4. The molecule has 1 atom stereocenters. The highest BCUT2D eigenvalue weighted by atomic mass is 35.5. The van der Waals surface area contributed by atoms with Crippen LogP contribution < -0.4 is 0 Å². The molecule has 0 aliphatic rings. The van der Waals surface area contributed by atoms with Gasteiger partial charge in [0.15, 0.2) is 0 Å². The van der Waals surface area contributed by atoms with Crippen molar-refractivity contribution in [1.29, 1.82) is 0 Å². The largest absolute Gasteiger partial charge is 0.389 e. The molecule has 0 radical (unpaired) electrons. The summed E-state index contributed by atoms with van der Waals surface area (Å²) in [5, 5.41) is 14.8. The van der Waals surface area contributed by atoms with Crippen LogP contribution >= 0.6 is 23.2 Å². The number of hydrogen-bond acceptors (Lipinski definition) is 2. The molecule has 0 fully saturated rings. The van der Waals surface area contributed by atoms with Crippen LogP contribution in [0.25, 0.3) is 32.8 Å². The number of imidazole rings is 1. The minimum atomic E-state index is -0.632. The molecule has 0 aliphatic heterocycles. The van der Waals surface area contributed by atoms with Gasteiger partial charge in [-0.1, -0.05) is 65.7 Å². The van der Waals surface area contributed by atoms with Crippen LogP contribution in [-0.4, -0.2) is 25.3 Å². The molecule has 0 unspecified atom stereocenters. The van der Waals surface area contributed by atoms with Crippen LogP contribution in [0, 0.1) is 0 Å². The molecule has 35 heavy (non-hydrogen) atoms. The minimum absolute atomic E-state index is 0.431. The number of nitrogens with zero attached hydrogens (tertiary/aromatic N) is 3. The summed E-state index contributed by atoms with van der Waals surface area (Å²) in [6.07, 6.45) is 0.0709. The predicted octanol–water partition coefficient (Wildman–Crippen LogP) is 7.10. The number of benzene rings is 4. The SMILES string of the molecule is O[C@H](Cn1c(Cc2ccccc2)nc2ccccc21)Cn1c2ccc(Cl)cc2c2cc(Cl)ccc21. The van der Waals surface area contributed by atoms with Crippen molar-refractivity contribution in [2.75, 3.05) is 0 Å². The third-order valence-electron chi connectivity index (χ3n) is 6.51.